The van der Waals surface area contributed by atoms with E-state index in [0.29, 0.717) is 35.6 Å². The Bertz CT molecular complexity index is 1100. The van der Waals surface area contributed by atoms with Crippen molar-refractivity contribution in [3.63, 3.8) is 0 Å². The molecule has 1 atom stereocenters. The SMILES string of the molecule is Cc1nc2c(c(=O)n1C(c1ccc(F)c(F)c1)C1CCC1)CCN(C(=O)OC(C)(C)C)C2. The lowest BCUT2D eigenvalue weighted by Gasteiger charge is -2.37. The average Bonchev–Trinajstić information content (AvgIpc) is 2.66. The lowest BCUT2D eigenvalue weighted by atomic mass is 9.77. The molecule has 1 saturated carbocycles. The van der Waals surface area contributed by atoms with Crippen LogP contribution in [-0.2, 0) is 17.7 Å². The van der Waals surface area contributed by atoms with E-state index in [4.69, 9.17) is 4.74 Å². The Labute approximate surface area is 186 Å². The van der Waals surface area contributed by atoms with Gasteiger partial charge in [-0.2, -0.15) is 0 Å². The lowest BCUT2D eigenvalue weighted by Crippen LogP contribution is -2.44. The second-order valence-electron chi connectivity index (χ2n) is 9.72. The number of hydrogen-bond acceptors (Lipinski definition) is 4. The van der Waals surface area contributed by atoms with E-state index in [-0.39, 0.29) is 18.0 Å². The molecule has 2 aliphatic rings. The summed E-state index contributed by atoms with van der Waals surface area (Å²) in [5, 5.41) is 0. The van der Waals surface area contributed by atoms with Gasteiger partial charge in [0.1, 0.15) is 11.4 Å². The monoisotopic (exact) mass is 445 g/mol. The Morgan fingerprint density at radius 3 is 2.53 bits per heavy atom. The number of carbonyl (C=O) groups is 1. The zero-order valence-corrected chi connectivity index (χ0v) is 19.0. The van der Waals surface area contributed by atoms with Crippen LogP contribution in [0.1, 0.15) is 68.7 Å². The van der Waals surface area contributed by atoms with Crippen LogP contribution in [-0.4, -0.2) is 32.7 Å². The molecule has 1 fully saturated rings. The van der Waals surface area contributed by atoms with Crippen LogP contribution >= 0.6 is 0 Å². The van der Waals surface area contributed by atoms with Gasteiger partial charge in [-0.1, -0.05) is 12.5 Å². The van der Waals surface area contributed by atoms with Crippen molar-refractivity contribution >= 4 is 6.09 Å². The summed E-state index contributed by atoms with van der Waals surface area (Å²) in [4.78, 5) is 32.3. The minimum absolute atomic E-state index is 0.165. The molecule has 2 heterocycles. The molecule has 0 radical (unpaired) electrons. The molecule has 0 bridgehead atoms. The summed E-state index contributed by atoms with van der Waals surface area (Å²) in [6.45, 7) is 7.75. The van der Waals surface area contributed by atoms with E-state index in [1.165, 1.54) is 6.07 Å². The quantitative estimate of drug-likeness (QED) is 0.697. The molecule has 1 aromatic heterocycles. The molecule has 0 saturated heterocycles. The van der Waals surface area contributed by atoms with Crippen molar-refractivity contribution in [2.24, 2.45) is 5.92 Å². The van der Waals surface area contributed by atoms with E-state index < -0.39 is 29.4 Å². The van der Waals surface area contributed by atoms with Crippen molar-refractivity contribution in [2.75, 3.05) is 6.54 Å². The van der Waals surface area contributed by atoms with Crippen LogP contribution in [0.15, 0.2) is 23.0 Å². The number of carbonyl (C=O) groups excluding carboxylic acids is 1. The molecule has 4 rings (SSSR count). The summed E-state index contributed by atoms with van der Waals surface area (Å²) in [6.07, 6.45) is 2.82. The second-order valence-corrected chi connectivity index (χ2v) is 9.72. The Morgan fingerprint density at radius 1 is 1.22 bits per heavy atom. The molecule has 0 N–H and O–H groups in total. The third kappa shape index (κ3) is 4.27. The maximum atomic E-state index is 14.0. The van der Waals surface area contributed by atoms with Crippen LogP contribution in [0.4, 0.5) is 13.6 Å². The average molecular weight is 446 g/mol. The highest BCUT2D eigenvalue weighted by Gasteiger charge is 2.35. The van der Waals surface area contributed by atoms with Gasteiger partial charge in [0.15, 0.2) is 11.6 Å². The zero-order valence-electron chi connectivity index (χ0n) is 19.0. The molecule has 8 heteroatoms. The Hall–Kier alpha value is -2.77. The summed E-state index contributed by atoms with van der Waals surface area (Å²) in [7, 11) is 0. The second kappa shape index (κ2) is 8.30. The maximum absolute atomic E-state index is 14.0. The molecule has 6 nitrogen and oxygen atoms in total. The largest absolute Gasteiger partial charge is 0.444 e. The molecule has 1 aliphatic heterocycles. The number of rotatable bonds is 3. The van der Waals surface area contributed by atoms with Gasteiger partial charge >= 0.3 is 6.09 Å². The number of benzene rings is 1. The van der Waals surface area contributed by atoms with Crippen LogP contribution in [0, 0.1) is 24.5 Å². The van der Waals surface area contributed by atoms with E-state index in [2.05, 4.69) is 4.98 Å². The molecule has 1 amide bonds. The number of amides is 1. The highest BCUT2D eigenvalue weighted by atomic mass is 19.2. The number of aryl methyl sites for hydroxylation is 1. The molecule has 2 aromatic rings. The topological polar surface area (TPSA) is 64.4 Å². The van der Waals surface area contributed by atoms with E-state index in [9.17, 15) is 18.4 Å². The molecule has 1 aliphatic carbocycles. The van der Waals surface area contributed by atoms with Crippen molar-refractivity contribution in [3.8, 4) is 0 Å². The van der Waals surface area contributed by atoms with Crippen LogP contribution in [0.2, 0.25) is 0 Å². The number of fused-ring (bicyclic) bond motifs is 1. The molecule has 0 spiro atoms. The van der Waals surface area contributed by atoms with Gasteiger partial charge in [-0.25, -0.2) is 18.6 Å². The fraction of sp³-hybridized carbons (Fsp3) is 0.542. The van der Waals surface area contributed by atoms with Crippen molar-refractivity contribution < 1.29 is 18.3 Å². The first-order valence-corrected chi connectivity index (χ1v) is 11.1. The van der Waals surface area contributed by atoms with Gasteiger partial charge in [0.2, 0.25) is 0 Å². The van der Waals surface area contributed by atoms with Crippen molar-refractivity contribution in [2.45, 2.75) is 71.6 Å². The predicted octanol–water partition coefficient (Wildman–Crippen LogP) is 4.51. The van der Waals surface area contributed by atoms with E-state index in [1.807, 2.05) is 20.8 Å². The third-order valence-electron chi connectivity index (χ3n) is 6.25. The predicted molar refractivity (Wildman–Crippen MR) is 115 cm³/mol. The van der Waals surface area contributed by atoms with Crippen molar-refractivity contribution in [1.82, 2.24) is 14.5 Å². The minimum Gasteiger partial charge on any atom is -0.444 e. The van der Waals surface area contributed by atoms with Crippen molar-refractivity contribution in [3.05, 3.63) is 62.8 Å². The van der Waals surface area contributed by atoms with Crippen LogP contribution < -0.4 is 5.56 Å². The fourth-order valence-corrected chi connectivity index (χ4v) is 4.51. The lowest BCUT2D eigenvalue weighted by molar-refractivity contribution is 0.0219. The fourth-order valence-electron chi connectivity index (χ4n) is 4.51. The third-order valence-corrected chi connectivity index (χ3v) is 6.25. The molecule has 1 unspecified atom stereocenters. The molecular formula is C24H29F2N3O3. The number of aromatic nitrogens is 2. The zero-order chi connectivity index (χ0) is 23.2. The highest BCUT2D eigenvalue weighted by Crippen LogP contribution is 2.40. The summed E-state index contributed by atoms with van der Waals surface area (Å²) in [5.74, 6) is -1.16. The number of ether oxygens (including phenoxy) is 1. The Morgan fingerprint density at radius 2 is 1.94 bits per heavy atom. The van der Waals surface area contributed by atoms with Gasteiger partial charge in [0, 0.05) is 12.1 Å². The van der Waals surface area contributed by atoms with Gasteiger partial charge in [-0.3, -0.25) is 9.36 Å². The standard InChI is InChI=1S/C24H29F2N3O3/c1-14-27-20-13-28(23(31)32-24(2,3)4)11-10-17(20)22(30)29(14)21(15-6-5-7-15)16-8-9-18(25)19(26)12-16/h8-9,12,15,21H,5-7,10-11,13H2,1-4H3. The summed E-state index contributed by atoms with van der Waals surface area (Å²) < 4.78 is 34.7. The van der Waals surface area contributed by atoms with E-state index in [1.54, 1.807) is 22.5 Å². The summed E-state index contributed by atoms with van der Waals surface area (Å²) >= 11 is 0. The smallest absolute Gasteiger partial charge is 0.410 e. The first kappa shape index (κ1) is 22.4. The van der Waals surface area contributed by atoms with Gasteiger partial charge in [0.05, 0.1) is 18.3 Å². The first-order valence-electron chi connectivity index (χ1n) is 11.1. The van der Waals surface area contributed by atoms with Crippen LogP contribution in [0.25, 0.3) is 0 Å². The van der Waals surface area contributed by atoms with E-state index in [0.717, 1.165) is 25.3 Å². The van der Waals surface area contributed by atoms with Gasteiger partial charge in [-0.05, 0) is 70.6 Å². The first-order chi connectivity index (χ1) is 15.0. The Balaban J connectivity index is 1.71. The normalized spacial score (nSPS) is 17.5. The van der Waals surface area contributed by atoms with Gasteiger partial charge in [0.25, 0.3) is 5.56 Å². The van der Waals surface area contributed by atoms with Crippen LogP contribution in [0.5, 0.6) is 0 Å². The minimum atomic E-state index is -0.920. The highest BCUT2D eigenvalue weighted by molar-refractivity contribution is 5.68. The molecule has 172 valence electrons. The number of nitrogens with zero attached hydrogens (tertiary/aromatic N) is 3. The van der Waals surface area contributed by atoms with E-state index >= 15 is 0 Å². The van der Waals surface area contributed by atoms with Gasteiger partial charge in [-0.15, -0.1) is 0 Å². The molecular weight excluding hydrogens is 416 g/mol. The van der Waals surface area contributed by atoms with Crippen molar-refractivity contribution in [1.29, 1.82) is 0 Å². The summed E-state index contributed by atoms with van der Waals surface area (Å²) in [5.41, 5.74) is 0.940. The number of halogens is 2. The van der Waals surface area contributed by atoms with Crippen LogP contribution in [0.3, 0.4) is 0 Å². The maximum Gasteiger partial charge on any atom is 0.410 e. The summed E-state index contributed by atoms with van der Waals surface area (Å²) in [6, 6.07) is 3.46. The number of hydrogen-bond donors (Lipinski definition) is 0. The Kier molecular flexibility index (Phi) is 5.81. The van der Waals surface area contributed by atoms with Gasteiger partial charge < -0.3 is 9.64 Å². The molecule has 32 heavy (non-hydrogen) atoms. The molecule has 1 aromatic carbocycles.